The van der Waals surface area contributed by atoms with E-state index in [-0.39, 0.29) is 16.1 Å². The normalized spacial score (nSPS) is 10.2. The van der Waals surface area contributed by atoms with Crippen molar-refractivity contribution < 1.29 is 19.1 Å². The molecule has 2 N–H and O–H groups in total. The number of hydrogen-bond acceptors (Lipinski definition) is 2. The molecule has 0 aromatic heterocycles. The molecule has 1 amide bonds. The lowest BCUT2D eigenvalue weighted by Crippen LogP contribution is -2.16. The summed E-state index contributed by atoms with van der Waals surface area (Å²) in [6.07, 6.45) is 0. The van der Waals surface area contributed by atoms with E-state index in [1.54, 1.807) is 6.07 Å². The highest BCUT2D eigenvalue weighted by Crippen LogP contribution is 2.25. The molecule has 0 saturated heterocycles. The van der Waals surface area contributed by atoms with E-state index in [0.29, 0.717) is 4.47 Å². The number of hydrogen-bond donors (Lipinski definition) is 2. The summed E-state index contributed by atoms with van der Waals surface area (Å²) < 4.78 is 14.4. The summed E-state index contributed by atoms with van der Waals surface area (Å²) in [6, 6.07) is 8.07. The van der Waals surface area contributed by atoms with Crippen molar-refractivity contribution in [2.75, 3.05) is 5.32 Å². The van der Waals surface area contributed by atoms with Crippen LogP contribution in [0.15, 0.2) is 40.9 Å². The van der Waals surface area contributed by atoms with Gasteiger partial charge in [0.1, 0.15) is 5.82 Å². The van der Waals surface area contributed by atoms with E-state index in [2.05, 4.69) is 21.2 Å². The molecule has 0 radical (unpaired) electrons. The molecule has 0 spiro atoms. The number of benzene rings is 2. The first-order chi connectivity index (χ1) is 9.90. The molecule has 0 aliphatic carbocycles. The Hall–Kier alpha value is -1.92. The molecule has 0 aliphatic heterocycles. The zero-order valence-electron chi connectivity index (χ0n) is 10.4. The second-order valence-electron chi connectivity index (χ2n) is 4.05. The van der Waals surface area contributed by atoms with Crippen LogP contribution in [0.5, 0.6) is 0 Å². The van der Waals surface area contributed by atoms with Gasteiger partial charge in [-0.25, -0.2) is 9.18 Å². The van der Waals surface area contributed by atoms with Crippen molar-refractivity contribution in [3.63, 3.8) is 0 Å². The summed E-state index contributed by atoms with van der Waals surface area (Å²) in [5, 5.41) is 11.4. The topological polar surface area (TPSA) is 66.4 Å². The molecule has 0 bridgehead atoms. The van der Waals surface area contributed by atoms with E-state index < -0.39 is 23.4 Å². The summed E-state index contributed by atoms with van der Waals surface area (Å²) in [7, 11) is 0. The number of carboxylic acids is 1. The summed E-state index contributed by atoms with van der Waals surface area (Å²) in [5.74, 6) is -2.87. The lowest BCUT2D eigenvalue weighted by Gasteiger charge is -2.10. The predicted octanol–water partition coefficient (Wildman–Crippen LogP) is 4.19. The van der Waals surface area contributed by atoms with Crippen LogP contribution >= 0.6 is 27.5 Å². The third-order valence-corrected chi connectivity index (χ3v) is 3.46. The number of carbonyl (C=O) groups excluding carboxylic acids is 1. The standard InChI is InChI=1S/C14H8BrClFNO3/c15-7-4-5-8(10(16)6-7)13(19)18-12-9(14(20)21)2-1-3-11(12)17/h1-6H,(H,18,19)(H,20,21). The molecule has 2 aromatic rings. The Bertz CT molecular complexity index is 736. The molecule has 0 heterocycles. The summed E-state index contributed by atoms with van der Waals surface area (Å²) >= 11 is 9.13. The van der Waals surface area contributed by atoms with Crippen LogP contribution in [0.2, 0.25) is 5.02 Å². The van der Waals surface area contributed by atoms with Gasteiger partial charge in [-0.2, -0.15) is 0 Å². The molecular weight excluding hydrogens is 365 g/mol. The first-order valence-electron chi connectivity index (χ1n) is 5.68. The second-order valence-corrected chi connectivity index (χ2v) is 5.37. The van der Waals surface area contributed by atoms with Gasteiger partial charge in [0.2, 0.25) is 0 Å². The minimum Gasteiger partial charge on any atom is -0.478 e. The Morgan fingerprint density at radius 2 is 1.90 bits per heavy atom. The second kappa shape index (κ2) is 6.24. The van der Waals surface area contributed by atoms with Crippen molar-refractivity contribution in [3.05, 3.63) is 62.8 Å². The SMILES string of the molecule is O=C(Nc1c(F)cccc1C(=O)O)c1ccc(Br)cc1Cl. The molecular formula is C14H8BrClFNO3. The molecule has 0 fully saturated rings. The monoisotopic (exact) mass is 371 g/mol. The number of carboxylic acid groups (broad SMARTS) is 1. The summed E-state index contributed by atoms with van der Waals surface area (Å²) in [5.41, 5.74) is -0.620. The average Bonchev–Trinajstić information content (AvgIpc) is 2.40. The highest BCUT2D eigenvalue weighted by atomic mass is 79.9. The van der Waals surface area contributed by atoms with E-state index in [0.717, 1.165) is 6.07 Å². The van der Waals surface area contributed by atoms with Gasteiger partial charge in [0.15, 0.2) is 0 Å². The van der Waals surface area contributed by atoms with Gasteiger partial charge < -0.3 is 10.4 Å². The van der Waals surface area contributed by atoms with Gasteiger partial charge in [0.05, 0.1) is 21.8 Å². The number of nitrogens with one attached hydrogen (secondary N) is 1. The van der Waals surface area contributed by atoms with Crippen LogP contribution in [-0.2, 0) is 0 Å². The van der Waals surface area contributed by atoms with Gasteiger partial charge in [-0.1, -0.05) is 33.6 Å². The molecule has 0 aliphatic rings. The zero-order chi connectivity index (χ0) is 15.6. The minimum atomic E-state index is -1.34. The Balaban J connectivity index is 2.38. The number of para-hydroxylation sites is 1. The predicted molar refractivity (Wildman–Crippen MR) is 80.5 cm³/mol. The van der Waals surface area contributed by atoms with Gasteiger partial charge in [0, 0.05) is 4.47 Å². The van der Waals surface area contributed by atoms with E-state index >= 15 is 0 Å². The molecule has 0 saturated carbocycles. The van der Waals surface area contributed by atoms with E-state index in [1.807, 2.05) is 0 Å². The molecule has 0 atom stereocenters. The van der Waals surface area contributed by atoms with Gasteiger partial charge in [0.25, 0.3) is 5.91 Å². The highest BCUT2D eigenvalue weighted by Gasteiger charge is 2.18. The van der Waals surface area contributed by atoms with Crippen molar-refractivity contribution in [2.45, 2.75) is 0 Å². The molecule has 2 rings (SSSR count). The van der Waals surface area contributed by atoms with Crippen molar-refractivity contribution in [1.29, 1.82) is 0 Å². The fourth-order valence-corrected chi connectivity index (χ4v) is 2.44. The maximum atomic E-state index is 13.7. The van der Waals surface area contributed by atoms with Crippen LogP contribution < -0.4 is 5.32 Å². The van der Waals surface area contributed by atoms with Crippen LogP contribution in [0, 0.1) is 5.82 Å². The van der Waals surface area contributed by atoms with Gasteiger partial charge >= 0.3 is 5.97 Å². The molecule has 2 aromatic carbocycles. The fraction of sp³-hybridized carbons (Fsp3) is 0. The average molecular weight is 373 g/mol. The van der Waals surface area contributed by atoms with E-state index in [9.17, 15) is 14.0 Å². The van der Waals surface area contributed by atoms with Crippen molar-refractivity contribution >= 4 is 45.1 Å². The third kappa shape index (κ3) is 3.40. The lowest BCUT2D eigenvalue weighted by atomic mass is 10.1. The Morgan fingerprint density at radius 3 is 2.52 bits per heavy atom. The van der Waals surface area contributed by atoms with E-state index in [4.69, 9.17) is 16.7 Å². The maximum Gasteiger partial charge on any atom is 0.337 e. The summed E-state index contributed by atoms with van der Waals surface area (Å²) in [6.45, 7) is 0. The Labute approximate surface area is 132 Å². The number of aromatic carboxylic acids is 1. The third-order valence-electron chi connectivity index (χ3n) is 2.66. The van der Waals surface area contributed by atoms with Crippen LogP contribution in [-0.4, -0.2) is 17.0 Å². The smallest absolute Gasteiger partial charge is 0.337 e. The number of rotatable bonds is 3. The van der Waals surface area contributed by atoms with Crippen LogP contribution in [0.3, 0.4) is 0 Å². The first-order valence-corrected chi connectivity index (χ1v) is 6.85. The first kappa shape index (κ1) is 15.5. The summed E-state index contributed by atoms with van der Waals surface area (Å²) in [4.78, 5) is 23.2. The maximum absolute atomic E-state index is 13.7. The van der Waals surface area contributed by atoms with Crippen LogP contribution in [0.1, 0.15) is 20.7 Å². The fourth-order valence-electron chi connectivity index (χ4n) is 1.68. The van der Waals surface area contributed by atoms with Crippen molar-refractivity contribution in [2.24, 2.45) is 0 Å². The van der Waals surface area contributed by atoms with Crippen LogP contribution in [0.4, 0.5) is 10.1 Å². The number of halogens is 3. The van der Waals surface area contributed by atoms with Gasteiger partial charge in [-0.05, 0) is 30.3 Å². The van der Waals surface area contributed by atoms with Crippen LogP contribution in [0.25, 0.3) is 0 Å². The number of carbonyl (C=O) groups is 2. The van der Waals surface area contributed by atoms with Crippen molar-refractivity contribution in [3.8, 4) is 0 Å². The quantitative estimate of drug-likeness (QED) is 0.849. The van der Waals surface area contributed by atoms with E-state index in [1.165, 1.54) is 24.3 Å². The molecule has 7 heteroatoms. The molecule has 4 nitrogen and oxygen atoms in total. The highest BCUT2D eigenvalue weighted by molar-refractivity contribution is 9.10. The lowest BCUT2D eigenvalue weighted by molar-refractivity contribution is 0.0697. The van der Waals surface area contributed by atoms with Crippen molar-refractivity contribution in [1.82, 2.24) is 0 Å². The number of amides is 1. The Morgan fingerprint density at radius 1 is 1.19 bits per heavy atom. The largest absolute Gasteiger partial charge is 0.478 e. The Kier molecular flexibility index (Phi) is 4.59. The van der Waals surface area contributed by atoms with Gasteiger partial charge in [-0.15, -0.1) is 0 Å². The molecule has 21 heavy (non-hydrogen) atoms. The molecule has 108 valence electrons. The molecule has 0 unspecified atom stereocenters. The zero-order valence-corrected chi connectivity index (χ0v) is 12.7. The minimum absolute atomic E-state index is 0.111. The number of anilines is 1. The van der Waals surface area contributed by atoms with Gasteiger partial charge in [-0.3, -0.25) is 4.79 Å².